The molecule has 3 heteroatoms. The maximum atomic E-state index is 13.0. The zero-order valence-corrected chi connectivity index (χ0v) is 6.92. The van der Waals surface area contributed by atoms with Gasteiger partial charge in [0.2, 0.25) is 0 Å². The molecule has 0 heterocycles. The molecule has 0 saturated heterocycles. The average molecular weight is 169 g/mol. The Balaban J connectivity index is 2.69. The molecule has 0 saturated carbocycles. The predicted octanol–water partition coefficient (Wildman–Crippen LogP) is 1.74. The summed E-state index contributed by atoms with van der Waals surface area (Å²) in [6.07, 6.45) is 0.489. The highest BCUT2D eigenvalue weighted by molar-refractivity contribution is 5.18. The number of hydrogen-bond donors (Lipinski definition) is 2. The molecule has 0 fully saturated rings. The van der Waals surface area contributed by atoms with Gasteiger partial charge < -0.3 is 5.21 Å². The third-order valence-electron chi connectivity index (χ3n) is 1.70. The van der Waals surface area contributed by atoms with Crippen LogP contribution in [0.5, 0.6) is 0 Å². The maximum absolute atomic E-state index is 13.0. The van der Waals surface area contributed by atoms with Crippen molar-refractivity contribution >= 4 is 0 Å². The van der Waals surface area contributed by atoms with Gasteiger partial charge in [-0.2, -0.15) is 0 Å². The summed E-state index contributed by atoms with van der Waals surface area (Å²) in [7, 11) is 0. The van der Waals surface area contributed by atoms with E-state index in [9.17, 15) is 4.39 Å². The highest BCUT2D eigenvalue weighted by Crippen LogP contribution is 2.08. The Morgan fingerprint density at radius 3 is 2.75 bits per heavy atom. The van der Waals surface area contributed by atoms with Crippen LogP contribution in [0.3, 0.4) is 0 Å². The lowest BCUT2D eigenvalue weighted by molar-refractivity contribution is 0.132. The van der Waals surface area contributed by atoms with Gasteiger partial charge in [-0.25, -0.2) is 9.87 Å². The van der Waals surface area contributed by atoms with E-state index in [-0.39, 0.29) is 11.9 Å². The minimum Gasteiger partial charge on any atom is -0.317 e. The third-order valence-corrected chi connectivity index (χ3v) is 1.70. The summed E-state index contributed by atoms with van der Waals surface area (Å²) >= 11 is 0. The molecule has 1 unspecified atom stereocenters. The Kier molecular flexibility index (Phi) is 3.19. The van der Waals surface area contributed by atoms with Crippen LogP contribution in [0.25, 0.3) is 0 Å². The van der Waals surface area contributed by atoms with Crippen LogP contribution in [-0.2, 0) is 6.42 Å². The SMILES string of the molecule is CC(Cc1ccccc1F)NO. The lowest BCUT2D eigenvalue weighted by Gasteiger charge is -2.08. The first-order chi connectivity index (χ1) is 5.74. The fraction of sp³-hybridized carbons (Fsp3) is 0.333. The van der Waals surface area contributed by atoms with E-state index < -0.39 is 0 Å². The van der Waals surface area contributed by atoms with Crippen LogP contribution < -0.4 is 5.48 Å². The fourth-order valence-corrected chi connectivity index (χ4v) is 1.04. The zero-order chi connectivity index (χ0) is 8.97. The number of hydroxylamine groups is 1. The normalized spacial score (nSPS) is 12.9. The number of rotatable bonds is 3. The number of benzene rings is 1. The van der Waals surface area contributed by atoms with Crippen LogP contribution in [0, 0.1) is 5.82 Å². The van der Waals surface area contributed by atoms with E-state index in [0.717, 1.165) is 0 Å². The summed E-state index contributed by atoms with van der Waals surface area (Å²) in [5.41, 5.74) is 2.69. The van der Waals surface area contributed by atoms with Gasteiger partial charge in [-0.05, 0) is 25.0 Å². The van der Waals surface area contributed by atoms with E-state index in [1.54, 1.807) is 25.1 Å². The Hall–Kier alpha value is -0.930. The van der Waals surface area contributed by atoms with E-state index in [0.29, 0.717) is 12.0 Å². The first-order valence-electron chi connectivity index (χ1n) is 3.87. The summed E-state index contributed by atoms with van der Waals surface area (Å²) in [6, 6.07) is 6.43. The Morgan fingerprint density at radius 1 is 1.50 bits per heavy atom. The largest absolute Gasteiger partial charge is 0.317 e. The van der Waals surface area contributed by atoms with Crippen molar-refractivity contribution in [3.05, 3.63) is 35.6 Å². The molecule has 2 N–H and O–H groups in total. The monoisotopic (exact) mass is 169 g/mol. The molecule has 2 nitrogen and oxygen atoms in total. The van der Waals surface area contributed by atoms with Crippen molar-refractivity contribution in [2.24, 2.45) is 0 Å². The topological polar surface area (TPSA) is 32.3 Å². The Bertz CT molecular complexity index is 252. The molecule has 0 bridgehead atoms. The molecule has 0 aliphatic carbocycles. The molecule has 0 spiro atoms. The molecule has 12 heavy (non-hydrogen) atoms. The van der Waals surface area contributed by atoms with Gasteiger partial charge in [-0.1, -0.05) is 18.2 Å². The first kappa shape index (κ1) is 9.16. The van der Waals surface area contributed by atoms with Crippen LogP contribution in [-0.4, -0.2) is 11.2 Å². The number of nitrogens with one attached hydrogen (secondary N) is 1. The van der Waals surface area contributed by atoms with Crippen LogP contribution in [0.4, 0.5) is 4.39 Å². The van der Waals surface area contributed by atoms with Gasteiger partial charge in [-0.3, -0.25) is 0 Å². The van der Waals surface area contributed by atoms with Gasteiger partial charge >= 0.3 is 0 Å². The second-order valence-electron chi connectivity index (χ2n) is 2.83. The summed E-state index contributed by atoms with van der Waals surface area (Å²) in [6.45, 7) is 1.78. The lowest BCUT2D eigenvalue weighted by atomic mass is 10.1. The molecule has 0 aliphatic rings. The van der Waals surface area contributed by atoms with Crippen molar-refractivity contribution in [1.82, 2.24) is 5.48 Å². The van der Waals surface area contributed by atoms with Gasteiger partial charge in [0.15, 0.2) is 0 Å². The van der Waals surface area contributed by atoms with Crippen molar-refractivity contribution in [2.75, 3.05) is 0 Å². The third kappa shape index (κ3) is 2.29. The predicted molar refractivity (Wildman–Crippen MR) is 44.5 cm³/mol. The molecular formula is C9H12FNO. The Labute approximate surface area is 71.0 Å². The second-order valence-corrected chi connectivity index (χ2v) is 2.83. The summed E-state index contributed by atoms with van der Waals surface area (Å²) in [5.74, 6) is -0.223. The quantitative estimate of drug-likeness (QED) is 0.675. The fourth-order valence-electron chi connectivity index (χ4n) is 1.04. The van der Waals surface area contributed by atoms with Crippen molar-refractivity contribution in [3.8, 4) is 0 Å². The first-order valence-corrected chi connectivity index (χ1v) is 3.87. The van der Waals surface area contributed by atoms with Crippen LogP contribution in [0.1, 0.15) is 12.5 Å². The molecular weight excluding hydrogens is 157 g/mol. The molecule has 0 radical (unpaired) electrons. The molecule has 66 valence electrons. The highest BCUT2D eigenvalue weighted by Gasteiger charge is 2.04. The minimum atomic E-state index is -0.223. The van der Waals surface area contributed by atoms with Gasteiger partial charge in [0.1, 0.15) is 5.82 Å². The standard InChI is InChI=1S/C9H12FNO/c1-7(11-12)6-8-4-2-3-5-9(8)10/h2-5,7,11-12H,6H2,1H3. The summed E-state index contributed by atoms with van der Waals surface area (Å²) in [5, 5.41) is 8.51. The zero-order valence-electron chi connectivity index (χ0n) is 6.92. The molecule has 0 aromatic heterocycles. The van der Waals surface area contributed by atoms with Crippen LogP contribution >= 0.6 is 0 Å². The van der Waals surface area contributed by atoms with E-state index in [1.165, 1.54) is 6.07 Å². The van der Waals surface area contributed by atoms with Gasteiger partial charge in [0.05, 0.1) is 0 Å². The summed E-state index contributed by atoms with van der Waals surface area (Å²) in [4.78, 5) is 0. The summed E-state index contributed by atoms with van der Waals surface area (Å²) < 4.78 is 13.0. The van der Waals surface area contributed by atoms with E-state index in [1.807, 2.05) is 0 Å². The molecule has 0 aliphatic heterocycles. The average Bonchev–Trinajstić information content (AvgIpc) is 2.09. The van der Waals surface area contributed by atoms with E-state index in [2.05, 4.69) is 5.48 Å². The molecule has 1 rings (SSSR count). The van der Waals surface area contributed by atoms with E-state index in [4.69, 9.17) is 5.21 Å². The molecule has 1 atom stereocenters. The van der Waals surface area contributed by atoms with Gasteiger partial charge in [0.25, 0.3) is 0 Å². The van der Waals surface area contributed by atoms with Crippen molar-refractivity contribution in [2.45, 2.75) is 19.4 Å². The smallest absolute Gasteiger partial charge is 0.126 e. The molecule has 1 aromatic carbocycles. The molecule has 1 aromatic rings. The van der Waals surface area contributed by atoms with Crippen molar-refractivity contribution in [3.63, 3.8) is 0 Å². The van der Waals surface area contributed by atoms with Gasteiger partial charge in [0, 0.05) is 6.04 Å². The van der Waals surface area contributed by atoms with E-state index >= 15 is 0 Å². The number of hydrogen-bond acceptors (Lipinski definition) is 2. The molecule has 0 amide bonds. The van der Waals surface area contributed by atoms with Gasteiger partial charge in [-0.15, -0.1) is 0 Å². The van der Waals surface area contributed by atoms with Crippen LogP contribution in [0.15, 0.2) is 24.3 Å². The van der Waals surface area contributed by atoms with Crippen molar-refractivity contribution in [1.29, 1.82) is 0 Å². The Morgan fingerprint density at radius 2 is 2.17 bits per heavy atom. The van der Waals surface area contributed by atoms with Crippen LogP contribution in [0.2, 0.25) is 0 Å². The lowest BCUT2D eigenvalue weighted by Crippen LogP contribution is -2.24. The second kappa shape index (κ2) is 4.18. The van der Waals surface area contributed by atoms with Crippen molar-refractivity contribution < 1.29 is 9.60 Å². The minimum absolute atomic E-state index is 0.123. The highest BCUT2D eigenvalue weighted by atomic mass is 19.1. The maximum Gasteiger partial charge on any atom is 0.126 e. The number of halogens is 1.